The van der Waals surface area contributed by atoms with E-state index >= 15 is 0 Å². The Hall–Kier alpha value is -3.71. The molecule has 3 amide bonds. The number of aliphatic hydroxyl groups is 1. The lowest BCUT2D eigenvalue weighted by molar-refractivity contribution is -0.142. The van der Waals surface area contributed by atoms with Gasteiger partial charge in [-0.2, -0.15) is 13.2 Å². The molecule has 0 spiro atoms. The van der Waals surface area contributed by atoms with Crippen LogP contribution >= 0.6 is 0 Å². The maximum Gasteiger partial charge on any atom is 0.389 e. The summed E-state index contributed by atoms with van der Waals surface area (Å²) in [5.41, 5.74) is 0.731. The van der Waals surface area contributed by atoms with Crippen LogP contribution in [0.25, 0.3) is 0 Å². The number of halogens is 3. The normalized spacial score (nSPS) is 20.8. The maximum absolute atomic E-state index is 14.1. The van der Waals surface area contributed by atoms with E-state index in [4.69, 9.17) is 9.47 Å². The highest BCUT2D eigenvalue weighted by molar-refractivity contribution is 5.99. The molecule has 45 heavy (non-hydrogen) atoms. The molecule has 3 rings (SSSR count). The van der Waals surface area contributed by atoms with Crippen molar-refractivity contribution in [1.29, 1.82) is 0 Å². The Labute approximate surface area is 261 Å². The molecule has 0 saturated heterocycles. The molecule has 1 aliphatic heterocycles. The van der Waals surface area contributed by atoms with E-state index in [2.05, 4.69) is 10.3 Å². The largest absolute Gasteiger partial charge is 0.490 e. The fourth-order valence-corrected chi connectivity index (χ4v) is 5.01. The summed E-state index contributed by atoms with van der Waals surface area (Å²) in [6, 6.07) is 7.03. The highest BCUT2D eigenvalue weighted by Crippen LogP contribution is 2.29. The van der Waals surface area contributed by atoms with Gasteiger partial charge in [0.1, 0.15) is 5.75 Å². The van der Waals surface area contributed by atoms with Crippen molar-refractivity contribution in [3.05, 3.63) is 53.9 Å². The number of benzene rings is 1. The predicted molar refractivity (Wildman–Crippen MR) is 162 cm³/mol. The first-order valence-electron chi connectivity index (χ1n) is 15.1. The van der Waals surface area contributed by atoms with Crippen molar-refractivity contribution in [1.82, 2.24) is 14.8 Å². The van der Waals surface area contributed by atoms with Crippen molar-refractivity contribution in [2.75, 3.05) is 38.7 Å². The number of anilines is 1. The molecule has 0 saturated carbocycles. The van der Waals surface area contributed by atoms with E-state index in [1.54, 1.807) is 43.4 Å². The zero-order chi connectivity index (χ0) is 33.1. The summed E-state index contributed by atoms with van der Waals surface area (Å²) in [4.78, 5) is 46.5. The van der Waals surface area contributed by atoms with E-state index < -0.39 is 43.0 Å². The van der Waals surface area contributed by atoms with Crippen molar-refractivity contribution in [2.45, 2.75) is 77.3 Å². The smallest absolute Gasteiger partial charge is 0.389 e. The number of alkyl halides is 3. The number of hydrogen-bond donors (Lipinski definition) is 2. The third-order valence-corrected chi connectivity index (χ3v) is 7.70. The number of carbonyl (C=O) groups excluding carboxylic acids is 3. The Morgan fingerprint density at radius 1 is 1.18 bits per heavy atom. The molecule has 0 radical (unpaired) electrons. The SMILES string of the molecule is C[C@@H]1CCCCO[C@H](CN(C)C(=O)c2ccncc2)[C@H](C)CN([C@H](C)CO)C(=O)c2cc(NC(=O)CCC(F)(F)F)ccc2O1. The molecule has 2 heterocycles. The van der Waals surface area contributed by atoms with E-state index in [1.165, 1.54) is 23.1 Å². The van der Waals surface area contributed by atoms with Crippen LogP contribution in [0.15, 0.2) is 42.7 Å². The number of likely N-dealkylation sites (N-methyl/N-ethyl adjacent to an activating group) is 1. The molecule has 0 unspecified atom stereocenters. The number of ether oxygens (including phenoxy) is 2. The molecular weight excluding hydrogens is 593 g/mol. The van der Waals surface area contributed by atoms with Gasteiger partial charge in [-0.25, -0.2) is 0 Å². The second-order valence-corrected chi connectivity index (χ2v) is 11.6. The first-order chi connectivity index (χ1) is 21.3. The number of hydrogen-bond acceptors (Lipinski definition) is 7. The highest BCUT2D eigenvalue weighted by atomic mass is 19.4. The predicted octanol–water partition coefficient (Wildman–Crippen LogP) is 4.93. The van der Waals surface area contributed by atoms with Crippen LogP contribution in [0.5, 0.6) is 5.75 Å². The summed E-state index contributed by atoms with van der Waals surface area (Å²) in [7, 11) is 1.68. The second-order valence-electron chi connectivity index (χ2n) is 11.6. The Morgan fingerprint density at radius 3 is 2.56 bits per heavy atom. The first-order valence-corrected chi connectivity index (χ1v) is 15.1. The van der Waals surface area contributed by atoms with Crippen LogP contribution in [0.1, 0.15) is 73.6 Å². The zero-order valence-corrected chi connectivity index (χ0v) is 26.2. The Bertz CT molecular complexity index is 1280. The molecule has 10 nitrogen and oxygen atoms in total. The van der Waals surface area contributed by atoms with Crippen LogP contribution in [-0.4, -0.2) is 95.4 Å². The third kappa shape index (κ3) is 11.0. The van der Waals surface area contributed by atoms with Gasteiger partial charge in [0.2, 0.25) is 5.91 Å². The number of pyridine rings is 1. The summed E-state index contributed by atoms with van der Waals surface area (Å²) in [6.07, 6.45) is -1.97. The fraction of sp³-hybridized carbons (Fsp3) is 0.562. The van der Waals surface area contributed by atoms with E-state index in [1.807, 2.05) is 13.8 Å². The summed E-state index contributed by atoms with van der Waals surface area (Å²) < 4.78 is 50.3. The quantitative estimate of drug-likeness (QED) is 0.422. The van der Waals surface area contributed by atoms with Crippen molar-refractivity contribution in [3.8, 4) is 5.75 Å². The number of aliphatic hydroxyl groups excluding tert-OH is 1. The number of nitrogens with zero attached hydrogens (tertiary/aromatic N) is 3. The molecular formula is C32H43F3N4O6. The van der Waals surface area contributed by atoms with Crippen molar-refractivity contribution in [3.63, 3.8) is 0 Å². The van der Waals surface area contributed by atoms with E-state index in [-0.39, 0.29) is 54.6 Å². The van der Waals surface area contributed by atoms with Gasteiger partial charge in [0, 0.05) is 62.7 Å². The van der Waals surface area contributed by atoms with Crippen molar-refractivity contribution in [2.24, 2.45) is 5.92 Å². The summed E-state index contributed by atoms with van der Waals surface area (Å²) in [5.74, 6) is -1.55. The molecule has 0 aliphatic carbocycles. The topological polar surface area (TPSA) is 121 Å². The van der Waals surface area contributed by atoms with Crippen LogP contribution in [0.4, 0.5) is 18.9 Å². The fourth-order valence-electron chi connectivity index (χ4n) is 5.01. The van der Waals surface area contributed by atoms with Crippen LogP contribution < -0.4 is 10.1 Å². The highest BCUT2D eigenvalue weighted by Gasteiger charge is 2.32. The molecule has 1 aromatic heterocycles. The molecule has 1 aromatic carbocycles. The van der Waals surface area contributed by atoms with Crippen LogP contribution in [0.3, 0.4) is 0 Å². The second kappa shape index (κ2) is 16.6. The van der Waals surface area contributed by atoms with Gasteiger partial charge in [-0.15, -0.1) is 0 Å². The van der Waals surface area contributed by atoms with Gasteiger partial charge >= 0.3 is 6.18 Å². The summed E-state index contributed by atoms with van der Waals surface area (Å²) in [6.45, 7) is 5.96. The Morgan fingerprint density at radius 2 is 1.89 bits per heavy atom. The van der Waals surface area contributed by atoms with Crippen LogP contribution in [0, 0.1) is 5.92 Å². The lowest BCUT2D eigenvalue weighted by Crippen LogP contribution is -2.48. The zero-order valence-electron chi connectivity index (χ0n) is 26.2. The molecule has 2 aromatic rings. The van der Waals surface area contributed by atoms with Gasteiger partial charge in [0.15, 0.2) is 0 Å². The van der Waals surface area contributed by atoms with Crippen LogP contribution in [-0.2, 0) is 9.53 Å². The Kier molecular flexibility index (Phi) is 13.2. The summed E-state index contributed by atoms with van der Waals surface area (Å²) >= 11 is 0. The molecule has 2 N–H and O–H groups in total. The number of nitrogens with one attached hydrogen (secondary N) is 1. The number of fused-ring (bicyclic) bond motifs is 1. The maximum atomic E-state index is 14.1. The minimum absolute atomic E-state index is 0.0995. The first kappa shape index (κ1) is 35.8. The standard InChI is InChI=1S/C32H43F3N4O6/c1-21-18-39(22(2)20-40)31(43)26-17-25(37-29(41)10-13-32(33,34)35)8-9-27(26)45-23(3)7-5-6-16-44-28(21)19-38(4)30(42)24-11-14-36-15-12-24/h8-9,11-12,14-15,17,21-23,28,40H,5-7,10,13,16,18-20H2,1-4H3,(H,37,41)/t21-,22-,23-,28-/m1/s1. The average molecular weight is 637 g/mol. The van der Waals surface area contributed by atoms with Gasteiger partial charge in [0.25, 0.3) is 11.8 Å². The minimum atomic E-state index is -4.48. The van der Waals surface area contributed by atoms with E-state index in [9.17, 15) is 32.7 Å². The Balaban J connectivity index is 1.91. The van der Waals surface area contributed by atoms with Gasteiger partial charge in [-0.05, 0) is 63.4 Å². The number of carbonyl (C=O) groups is 3. The number of rotatable bonds is 8. The molecule has 248 valence electrons. The van der Waals surface area contributed by atoms with E-state index in [0.29, 0.717) is 18.6 Å². The van der Waals surface area contributed by atoms with Gasteiger partial charge in [0.05, 0.1) is 36.8 Å². The average Bonchev–Trinajstić information content (AvgIpc) is 3.01. The van der Waals surface area contributed by atoms with E-state index in [0.717, 1.165) is 12.8 Å². The lowest BCUT2D eigenvalue weighted by Gasteiger charge is -2.36. The molecule has 0 bridgehead atoms. The van der Waals surface area contributed by atoms with Crippen molar-refractivity contribution < 1.29 is 42.1 Å². The number of amides is 3. The monoisotopic (exact) mass is 636 g/mol. The minimum Gasteiger partial charge on any atom is -0.490 e. The van der Waals surface area contributed by atoms with Gasteiger partial charge in [-0.1, -0.05) is 6.92 Å². The molecule has 1 aliphatic rings. The third-order valence-electron chi connectivity index (χ3n) is 7.70. The number of aromatic nitrogens is 1. The molecule has 13 heteroatoms. The van der Waals surface area contributed by atoms with Crippen LogP contribution in [0.2, 0.25) is 0 Å². The van der Waals surface area contributed by atoms with Gasteiger partial charge in [-0.3, -0.25) is 19.4 Å². The molecule has 0 fully saturated rings. The summed E-state index contributed by atoms with van der Waals surface area (Å²) in [5, 5.41) is 12.5. The van der Waals surface area contributed by atoms with Gasteiger partial charge < -0.3 is 29.7 Å². The lowest BCUT2D eigenvalue weighted by atomic mass is 10.0. The molecule has 4 atom stereocenters. The van der Waals surface area contributed by atoms with Crippen molar-refractivity contribution >= 4 is 23.4 Å².